The lowest BCUT2D eigenvalue weighted by Gasteiger charge is -2.29. The minimum absolute atomic E-state index is 0.0437. The highest BCUT2D eigenvalue weighted by Gasteiger charge is 2.20. The molecule has 0 N–H and O–H groups in total. The summed E-state index contributed by atoms with van der Waals surface area (Å²) in [6.45, 7) is 2.45. The Kier molecular flexibility index (Phi) is 3.29. The Bertz CT molecular complexity index is 388. The average molecular weight is 244 g/mol. The lowest BCUT2D eigenvalue weighted by Crippen LogP contribution is -2.40. The van der Waals surface area contributed by atoms with Crippen molar-refractivity contribution in [3.05, 3.63) is 33.8 Å². The predicted molar refractivity (Wildman–Crippen MR) is 61.8 cm³/mol. The van der Waals surface area contributed by atoms with Gasteiger partial charge in [-0.2, -0.15) is 0 Å². The maximum Gasteiger partial charge on any atom is 0.178 e. The molecule has 2 nitrogen and oxygen atoms in total. The largest absolute Gasteiger partial charge is 0.296 e. The summed E-state index contributed by atoms with van der Waals surface area (Å²) in [6.07, 6.45) is 1.18. The Morgan fingerprint density at radius 1 is 1.33 bits per heavy atom. The van der Waals surface area contributed by atoms with Gasteiger partial charge in [-0.3, -0.25) is 9.69 Å². The van der Waals surface area contributed by atoms with Gasteiger partial charge in [0.25, 0.3) is 0 Å². The summed E-state index contributed by atoms with van der Waals surface area (Å²) >= 11 is 11.8. The highest BCUT2D eigenvalue weighted by atomic mass is 35.5. The van der Waals surface area contributed by atoms with E-state index in [1.54, 1.807) is 18.2 Å². The van der Waals surface area contributed by atoms with Crippen molar-refractivity contribution < 1.29 is 4.79 Å². The molecule has 0 spiro atoms. The SMILES string of the molecule is O=C(CN1CCC1)c1cccc(Cl)c1Cl. The van der Waals surface area contributed by atoms with Crippen LogP contribution < -0.4 is 0 Å². The molecule has 80 valence electrons. The molecule has 0 radical (unpaired) electrons. The van der Waals surface area contributed by atoms with Crippen LogP contribution in [0.15, 0.2) is 18.2 Å². The van der Waals surface area contributed by atoms with Gasteiger partial charge < -0.3 is 0 Å². The summed E-state index contributed by atoms with van der Waals surface area (Å²) < 4.78 is 0. The molecule has 1 aromatic carbocycles. The molecule has 1 aliphatic heterocycles. The fraction of sp³-hybridized carbons (Fsp3) is 0.364. The highest BCUT2D eigenvalue weighted by Crippen LogP contribution is 2.26. The van der Waals surface area contributed by atoms with Crippen molar-refractivity contribution >= 4 is 29.0 Å². The zero-order valence-corrected chi connectivity index (χ0v) is 9.68. The summed E-state index contributed by atoms with van der Waals surface area (Å²) in [7, 11) is 0. The molecule has 4 heteroatoms. The van der Waals surface area contributed by atoms with Crippen LogP contribution in [0.1, 0.15) is 16.8 Å². The molecule has 0 aromatic heterocycles. The van der Waals surface area contributed by atoms with Crippen molar-refractivity contribution in [1.82, 2.24) is 4.90 Å². The normalized spacial score (nSPS) is 16.1. The second-order valence-corrected chi connectivity index (χ2v) is 4.44. The molecule has 1 aliphatic rings. The van der Waals surface area contributed by atoms with Crippen molar-refractivity contribution in [3.63, 3.8) is 0 Å². The summed E-state index contributed by atoms with van der Waals surface area (Å²) in [6, 6.07) is 5.15. The van der Waals surface area contributed by atoms with E-state index in [0.29, 0.717) is 22.2 Å². The lowest BCUT2D eigenvalue weighted by atomic mass is 10.1. The van der Waals surface area contributed by atoms with E-state index in [0.717, 1.165) is 13.1 Å². The van der Waals surface area contributed by atoms with Crippen LogP contribution in [0.25, 0.3) is 0 Å². The Morgan fingerprint density at radius 2 is 2.07 bits per heavy atom. The van der Waals surface area contributed by atoms with Crippen LogP contribution in [-0.2, 0) is 0 Å². The number of halogens is 2. The van der Waals surface area contributed by atoms with Crippen LogP contribution in [0.3, 0.4) is 0 Å². The van der Waals surface area contributed by atoms with Gasteiger partial charge in [-0.25, -0.2) is 0 Å². The Morgan fingerprint density at radius 3 is 2.67 bits per heavy atom. The van der Waals surface area contributed by atoms with E-state index in [2.05, 4.69) is 4.90 Å². The minimum atomic E-state index is 0.0437. The first-order valence-electron chi connectivity index (χ1n) is 4.88. The molecule has 1 heterocycles. The number of carbonyl (C=O) groups excluding carboxylic acids is 1. The number of benzene rings is 1. The minimum Gasteiger partial charge on any atom is -0.296 e. The van der Waals surface area contributed by atoms with Crippen LogP contribution in [0.2, 0.25) is 10.0 Å². The van der Waals surface area contributed by atoms with Crippen molar-refractivity contribution in [2.75, 3.05) is 19.6 Å². The van der Waals surface area contributed by atoms with Gasteiger partial charge in [-0.05, 0) is 31.6 Å². The Labute approximate surface area is 98.8 Å². The zero-order valence-electron chi connectivity index (χ0n) is 8.17. The Balaban J connectivity index is 2.13. The van der Waals surface area contributed by atoms with Crippen molar-refractivity contribution in [3.8, 4) is 0 Å². The molecule has 0 unspecified atom stereocenters. The quantitative estimate of drug-likeness (QED) is 0.762. The first kappa shape index (κ1) is 10.9. The van der Waals surface area contributed by atoms with E-state index in [1.165, 1.54) is 6.42 Å². The zero-order chi connectivity index (χ0) is 10.8. The van der Waals surface area contributed by atoms with Gasteiger partial charge >= 0.3 is 0 Å². The van der Waals surface area contributed by atoms with Crippen molar-refractivity contribution in [1.29, 1.82) is 0 Å². The number of likely N-dealkylation sites (tertiary alicyclic amines) is 1. The van der Waals surface area contributed by atoms with Crippen LogP contribution >= 0.6 is 23.2 Å². The summed E-state index contributed by atoms with van der Waals surface area (Å²) in [5.41, 5.74) is 0.524. The Hall–Kier alpha value is -0.570. The molecule has 0 atom stereocenters. The third-order valence-corrected chi connectivity index (χ3v) is 3.39. The molecule has 1 aromatic rings. The number of rotatable bonds is 3. The van der Waals surface area contributed by atoms with E-state index in [9.17, 15) is 4.79 Å². The number of carbonyl (C=O) groups is 1. The van der Waals surface area contributed by atoms with Crippen LogP contribution in [-0.4, -0.2) is 30.3 Å². The van der Waals surface area contributed by atoms with Gasteiger partial charge in [0.05, 0.1) is 16.6 Å². The monoisotopic (exact) mass is 243 g/mol. The number of Topliss-reactive ketones (excluding diaryl/α,β-unsaturated/α-hetero) is 1. The van der Waals surface area contributed by atoms with Crippen molar-refractivity contribution in [2.24, 2.45) is 0 Å². The maximum absolute atomic E-state index is 11.8. The second kappa shape index (κ2) is 4.52. The first-order valence-corrected chi connectivity index (χ1v) is 5.63. The fourth-order valence-electron chi connectivity index (χ4n) is 1.55. The molecular weight excluding hydrogens is 233 g/mol. The van der Waals surface area contributed by atoms with Gasteiger partial charge in [0.15, 0.2) is 5.78 Å². The van der Waals surface area contributed by atoms with E-state index in [4.69, 9.17) is 23.2 Å². The maximum atomic E-state index is 11.8. The average Bonchev–Trinajstić information content (AvgIpc) is 2.15. The molecule has 15 heavy (non-hydrogen) atoms. The third-order valence-electron chi connectivity index (χ3n) is 2.57. The number of ketones is 1. The molecule has 1 saturated heterocycles. The molecule has 0 saturated carbocycles. The smallest absolute Gasteiger partial charge is 0.178 e. The molecule has 0 bridgehead atoms. The van der Waals surface area contributed by atoms with E-state index in [1.807, 2.05) is 0 Å². The fourth-order valence-corrected chi connectivity index (χ4v) is 1.95. The molecule has 2 rings (SSSR count). The molecule has 1 fully saturated rings. The first-order chi connectivity index (χ1) is 7.18. The van der Waals surface area contributed by atoms with Gasteiger partial charge in [-0.15, -0.1) is 0 Å². The lowest BCUT2D eigenvalue weighted by molar-refractivity contribution is 0.0875. The van der Waals surface area contributed by atoms with Crippen LogP contribution in [0, 0.1) is 0 Å². The number of hydrogen-bond donors (Lipinski definition) is 0. The topological polar surface area (TPSA) is 20.3 Å². The highest BCUT2D eigenvalue weighted by molar-refractivity contribution is 6.43. The van der Waals surface area contributed by atoms with E-state index < -0.39 is 0 Å². The molecule has 0 amide bonds. The number of nitrogens with zero attached hydrogens (tertiary/aromatic N) is 1. The molecule has 0 aliphatic carbocycles. The van der Waals surface area contributed by atoms with Crippen molar-refractivity contribution in [2.45, 2.75) is 6.42 Å². The van der Waals surface area contributed by atoms with E-state index in [-0.39, 0.29) is 5.78 Å². The summed E-state index contributed by atoms with van der Waals surface area (Å²) in [5, 5.41) is 0.802. The second-order valence-electron chi connectivity index (χ2n) is 3.65. The van der Waals surface area contributed by atoms with Gasteiger partial charge in [-0.1, -0.05) is 29.3 Å². The summed E-state index contributed by atoms with van der Waals surface area (Å²) in [4.78, 5) is 13.9. The van der Waals surface area contributed by atoms with Gasteiger partial charge in [0, 0.05) is 5.56 Å². The summed E-state index contributed by atoms with van der Waals surface area (Å²) in [5.74, 6) is 0.0437. The third kappa shape index (κ3) is 2.33. The molecular formula is C11H11Cl2NO. The van der Waals surface area contributed by atoms with Crippen LogP contribution in [0.5, 0.6) is 0 Å². The number of hydrogen-bond acceptors (Lipinski definition) is 2. The standard InChI is InChI=1S/C11H11Cl2NO/c12-9-4-1-3-8(11(9)13)10(15)7-14-5-2-6-14/h1,3-4H,2,5-7H2. The van der Waals surface area contributed by atoms with Gasteiger partial charge in [0.2, 0.25) is 0 Å². The predicted octanol–water partition coefficient (Wildman–Crippen LogP) is 2.88. The van der Waals surface area contributed by atoms with Gasteiger partial charge in [0.1, 0.15) is 0 Å². The van der Waals surface area contributed by atoms with E-state index >= 15 is 0 Å². The van der Waals surface area contributed by atoms with Crippen LogP contribution in [0.4, 0.5) is 0 Å².